The summed E-state index contributed by atoms with van der Waals surface area (Å²) in [5.41, 5.74) is 3.25. The predicted octanol–water partition coefficient (Wildman–Crippen LogP) is 3.90. The van der Waals surface area contributed by atoms with E-state index in [1.165, 1.54) is 12.1 Å². The number of aryl methyl sites for hydroxylation is 1. The molecule has 1 aromatic carbocycles. The number of nitrogens with zero attached hydrogens (tertiary/aromatic N) is 3. The zero-order chi connectivity index (χ0) is 14.2. The normalized spacial score (nSPS) is 10.7. The molecule has 100 valence electrons. The largest absolute Gasteiger partial charge is 0.269 e. The number of benzene rings is 1. The fraction of sp³-hybridized carbons (Fsp3) is 0.250. The zero-order valence-electron chi connectivity index (χ0n) is 10.4. The first-order valence-corrected chi connectivity index (χ1v) is 6.83. The number of hydrogen-bond acceptors (Lipinski definition) is 3. The Morgan fingerprint density at radius 2 is 2.16 bits per heavy atom. The van der Waals surface area contributed by atoms with Gasteiger partial charge < -0.3 is 0 Å². The van der Waals surface area contributed by atoms with Crippen molar-refractivity contribution >= 4 is 33.2 Å². The van der Waals surface area contributed by atoms with Crippen molar-refractivity contribution in [3.63, 3.8) is 0 Å². The van der Waals surface area contributed by atoms with E-state index in [0.717, 1.165) is 21.5 Å². The molecular formula is C12H11BrClN3O2. The van der Waals surface area contributed by atoms with Gasteiger partial charge in [0, 0.05) is 18.0 Å². The van der Waals surface area contributed by atoms with Crippen molar-refractivity contribution in [2.24, 2.45) is 0 Å². The molecule has 2 aromatic rings. The third-order valence-corrected chi connectivity index (χ3v) is 4.28. The zero-order valence-corrected chi connectivity index (χ0v) is 12.7. The predicted molar refractivity (Wildman–Crippen MR) is 76.9 cm³/mol. The smallest absolute Gasteiger partial charge is 0.258 e. The summed E-state index contributed by atoms with van der Waals surface area (Å²) in [5.74, 6) is 0.187. The minimum Gasteiger partial charge on any atom is -0.258 e. The Kier molecular flexibility index (Phi) is 3.91. The Balaban J connectivity index is 2.62. The third kappa shape index (κ3) is 2.50. The molecule has 0 amide bonds. The van der Waals surface area contributed by atoms with Crippen LogP contribution >= 0.6 is 27.5 Å². The van der Waals surface area contributed by atoms with Crippen LogP contribution in [0.4, 0.5) is 5.69 Å². The highest BCUT2D eigenvalue weighted by molar-refractivity contribution is 9.10. The Hall–Kier alpha value is -1.40. The molecule has 0 bridgehead atoms. The molecule has 7 heteroatoms. The summed E-state index contributed by atoms with van der Waals surface area (Å²) >= 11 is 9.34. The molecule has 0 aliphatic rings. The number of nitro groups is 1. The van der Waals surface area contributed by atoms with E-state index in [4.69, 9.17) is 11.6 Å². The standard InChI is InChI=1S/C12H11BrClN3O2/c1-7-12(13)8(2)16(15-7)11-4-3-10(17(18)19)5-9(11)6-14/h3-5H,6H2,1-2H3. The third-order valence-electron chi connectivity index (χ3n) is 2.85. The molecule has 0 aliphatic heterocycles. The van der Waals surface area contributed by atoms with Gasteiger partial charge in [-0.3, -0.25) is 10.1 Å². The first-order valence-electron chi connectivity index (χ1n) is 5.51. The number of nitro benzene ring substituents is 1. The van der Waals surface area contributed by atoms with Gasteiger partial charge in [-0.05, 0) is 41.4 Å². The molecule has 0 aliphatic carbocycles. The molecular weight excluding hydrogens is 334 g/mol. The van der Waals surface area contributed by atoms with Gasteiger partial charge in [0.15, 0.2) is 0 Å². The highest BCUT2D eigenvalue weighted by atomic mass is 79.9. The summed E-state index contributed by atoms with van der Waals surface area (Å²) < 4.78 is 2.66. The summed E-state index contributed by atoms with van der Waals surface area (Å²) in [6.07, 6.45) is 0. The van der Waals surface area contributed by atoms with Gasteiger partial charge in [0.05, 0.1) is 26.5 Å². The fourth-order valence-electron chi connectivity index (χ4n) is 1.86. The molecule has 0 N–H and O–H groups in total. The second-order valence-electron chi connectivity index (χ2n) is 4.10. The Labute approximate surface area is 123 Å². The van der Waals surface area contributed by atoms with Crippen LogP contribution in [0.25, 0.3) is 5.69 Å². The Morgan fingerprint density at radius 3 is 2.63 bits per heavy atom. The summed E-state index contributed by atoms with van der Waals surface area (Å²) in [4.78, 5) is 10.3. The summed E-state index contributed by atoms with van der Waals surface area (Å²) in [6, 6.07) is 4.60. The topological polar surface area (TPSA) is 61.0 Å². The summed E-state index contributed by atoms with van der Waals surface area (Å²) in [5, 5.41) is 15.2. The first kappa shape index (κ1) is 14.0. The minimum atomic E-state index is -0.434. The molecule has 5 nitrogen and oxygen atoms in total. The molecule has 2 rings (SSSR count). The lowest BCUT2D eigenvalue weighted by Gasteiger charge is -2.09. The molecule has 0 saturated heterocycles. The van der Waals surface area contributed by atoms with Crippen LogP contribution < -0.4 is 0 Å². The first-order chi connectivity index (χ1) is 8.95. The maximum Gasteiger partial charge on any atom is 0.269 e. The van der Waals surface area contributed by atoms with Crippen molar-refractivity contribution in [1.82, 2.24) is 9.78 Å². The van der Waals surface area contributed by atoms with Crippen molar-refractivity contribution in [1.29, 1.82) is 0 Å². The van der Waals surface area contributed by atoms with Crippen LogP contribution in [0.15, 0.2) is 22.7 Å². The Bertz CT molecular complexity index is 655. The fourth-order valence-corrected chi connectivity index (χ4v) is 2.32. The van der Waals surface area contributed by atoms with E-state index in [1.807, 2.05) is 13.8 Å². The average Bonchev–Trinajstić information content (AvgIpc) is 2.65. The average molecular weight is 345 g/mol. The van der Waals surface area contributed by atoms with E-state index in [2.05, 4.69) is 21.0 Å². The van der Waals surface area contributed by atoms with E-state index < -0.39 is 4.92 Å². The highest BCUT2D eigenvalue weighted by Crippen LogP contribution is 2.27. The molecule has 0 unspecified atom stereocenters. The summed E-state index contributed by atoms with van der Waals surface area (Å²) in [7, 11) is 0. The highest BCUT2D eigenvalue weighted by Gasteiger charge is 2.16. The van der Waals surface area contributed by atoms with Crippen molar-refractivity contribution < 1.29 is 4.92 Å². The molecule has 0 spiro atoms. The van der Waals surface area contributed by atoms with Crippen molar-refractivity contribution in [2.45, 2.75) is 19.7 Å². The number of rotatable bonds is 3. The van der Waals surface area contributed by atoms with Crippen LogP contribution in [-0.4, -0.2) is 14.7 Å². The maximum absolute atomic E-state index is 10.8. The number of aromatic nitrogens is 2. The van der Waals surface area contributed by atoms with Gasteiger partial charge in [-0.15, -0.1) is 11.6 Å². The molecule has 0 atom stereocenters. The van der Waals surface area contributed by atoms with Crippen molar-refractivity contribution in [2.75, 3.05) is 0 Å². The van der Waals surface area contributed by atoms with Gasteiger partial charge in [-0.1, -0.05) is 0 Å². The van der Waals surface area contributed by atoms with Crippen LogP contribution in [0.2, 0.25) is 0 Å². The van der Waals surface area contributed by atoms with Gasteiger partial charge in [-0.2, -0.15) is 5.10 Å². The van der Waals surface area contributed by atoms with Crippen LogP contribution in [0.1, 0.15) is 17.0 Å². The van der Waals surface area contributed by atoms with Gasteiger partial charge in [0.1, 0.15) is 0 Å². The van der Waals surface area contributed by atoms with E-state index in [1.54, 1.807) is 10.7 Å². The molecule has 1 heterocycles. The molecule has 0 saturated carbocycles. The second kappa shape index (κ2) is 5.30. The lowest BCUT2D eigenvalue weighted by Crippen LogP contribution is -2.03. The van der Waals surface area contributed by atoms with Crippen LogP contribution in [0.5, 0.6) is 0 Å². The van der Waals surface area contributed by atoms with Gasteiger partial charge in [0.2, 0.25) is 0 Å². The van der Waals surface area contributed by atoms with Gasteiger partial charge >= 0.3 is 0 Å². The summed E-state index contributed by atoms with van der Waals surface area (Å²) in [6.45, 7) is 3.81. The van der Waals surface area contributed by atoms with Gasteiger partial charge in [-0.25, -0.2) is 4.68 Å². The lowest BCUT2D eigenvalue weighted by molar-refractivity contribution is -0.384. The molecule has 19 heavy (non-hydrogen) atoms. The molecule has 0 radical (unpaired) electrons. The number of non-ortho nitro benzene ring substituents is 1. The van der Waals surface area contributed by atoms with Crippen LogP contribution in [-0.2, 0) is 5.88 Å². The quantitative estimate of drug-likeness (QED) is 0.482. The van der Waals surface area contributed by atoms with E-state index in [0.29, 0.717) is 5.56 Å². The van der Waals surface area contributed by atoms with Crippen molar-refractivity contribution in [3.05, 3.63) is 49.7 Å². The van der Waals surface area contributed by atoms with E-state index >= 15 is 0 Å². The SMILES string of the molecule is Cc1nn(-c2ccc([N+](=O)[O-])cc2CCl)c(C)c1Br. The van der Waals surface area contributed by atoms with Crippen LogP contribution in [0.3, 0.4) is 0 Å². The Morgan fingerprint density at radius 1 is 1.47 bits per heavy atom. The number of hydrogen-bond donors (Lipinski definition) is 0. The molecule has 0 fully saturated rings. The van der Waals surface area contributed by atoms with E-state index in [-0.39, 0.29) is 11.6 Å². The molecule has 1 aromatic heterocycles. The van der Waals surface area contributed by atoms with Crippen molar-refractivity contribution in [3.8, 4) is 5.69 Å². The monoisotopic (exact) mass is 343 g/mol. The van der Waals surface area contributed by atoms with E-state index in [9.17, 15) is 10.1 Å². The number of halogens is 2. The maximum atomic E-state index is 10.8. The van der Waals surface area contributed by atoms with Crippen LogP contribution in [0, 0.1) is 24.0 Å². The minimum absolute atomic E-state index is 0.0278. The number of alkyl halides is 1. The lowest BCUT2D eigenvalue weighted by atomic mass is 10.1. The second-order valence-corrected chi connectivity index (χ2v) is 5.16. The van der Waals surface area contributed by atoms with Gasteiger partial charge in [0.25, 0.3) is 5.69 Å².